The van der Waals surface area contributed by atoms with Crippen LogP contribution in [0.25, 0.3) is 0 Å². The lowest BCUT2D eigenvalue weighted by Gasteiger charge is -2.38. The monoisotopic (exact) mass is 374 g/mol. The molecule has 1 aliphatic heterocycles. The van der Waals surface area contributed by atoms with Crippen LogP contribution in [0.15, 0.2) is 30.3 Å². The zero-order valence-corrected chi connectivity index (χ0v) is 13.5. The predicted octanol–water partition coefficient (Wildman–Crippen LogP) is 1.92. The third-order valence-corrected chi connectivity index (χ3v) is 3.90. The first-order valence-electron chi connectivity index (χ1n) is 7.78. The van der Waals surface area contributed by atoms with Crippen LogP contribution >= 0.6 is 0 Å². The minimum Gasteiger partial charge on any atom is -0.480 e. The van der Waals surface area contributed by atoms with E-state index in [1.165, 1.54) is 0 Å². The van der Waals surface area contributed by atoms with Crippen molar-refractivity contribution in [2.45, 2.75) is 37.7 Å². The Bertz CT molecular complexity index is 666. The maximum absolute atomic E-state index is 12.4. The van der Waals surface area contributed by atoms with Crippen molar-refractivity contribution in [3.8, 4) is 0 Å². The Morgan fingerprint density at radius 1 is 1.23 bits per heavy atom. The van der Waals surface area contributed by atoms with Crippen molar-refractivity contribution in [2.24, 2.45) is 0 Å². The average Bonchev–Trinajstić information content (AvgIpc) is 2.59. The molecule has 1 heterocycles. The number of rotatable bonds is 4. The molecule has 0 saturated carbocycles. The van der Waals surface area contributed by atoms with Gasteiger partial charge in [0, 0.05) is 6.54 Å². The highest BCUT2D eigenvalue weighted by Gasteiger charge is 2.45. The van der Waals surface area contributed by atoms with Crippen LogP contribution in [0.4, 0.5) is 18.0 Å². The number of hydrogen-bond acceptors (Lipinski definition) is 4. The molecule has 1 aliphatic rings. The molecule has 0 spiro atoms. The van der Waals surface area contributed by atoms with Gasteiger partial charge in [0.2, 0.25) is 0 Å². The number of halogens is 3. The summed E-state index contributed by atoms with van der Waals surface area (Å²) in [6.45, 7) is -0.106. The topological polar surface area (TPSA) is 95.9 Å². The average molecular weight is 374 g/mol. The highest BCUT2D eigenvalue weighted by atomic mass is 19.4. The molecule has 1 aromatic carbocycles. The number of aliphatic carboxylic acids is 1. The predicted molar refractivity (Wildman–Crippen MR) is 82.0 cm³/mol. The molecule has 2 atom stereocenters. The van der Waals surface area contributed by atoms with Gasteiger partial charge in [0.15, 0.2) is 6.04 Å². The zero-order chi connectivity index (χ0) is 19.3. The van der Waals surface area contributed by atoms with E-state index in [1.807, 2.05) is 0 Å². The smallest absolute Gasteiger partial charge is 0.471 e. The van der Waals surface area contributed by atoms with E-state index in [0.717, 1.165) is 4.90 Å². The summed E-state index contributed by atoms with van der Waals surface area (Å²) in [4.78, 5) is 35.7. The number of nitrogens with zero attached hydrogens (tertiary/aromatic N) is 1. The molecule has 0 aromatic heterocycles. The second-order valence-corrected chi connectivity index (χ2v) is 5.74. The summed E-state index contributed by atoms with van der Waals surface area (Å²) in [7, 11) is 0. The lowest BCUT2D eigenvalue weighted by molar-refractivity contribution is -0.175. The van der Waals surface area contributed by atoms with Gasteiger partial charge < -0.3 is 15.2 Å². The van der Waals surface area contributed by atoms with Gasteiger partial charge in [0.1, 0.15) is 6.61 Å². The number of benzene rings is 1. The summed E-state index contributed by atoms with van der Waals surface area (Å²) in [6, 6.07) is 5.62. The van der Waals surface area contributed by atoms with E-state index >= 15 is 0 Å². The van der Waals surface area contributed by atoms with Crippen LogP contribution in [0.5, 0.6) is 0 Å². The number of piperidine rings is 1. The number of ether oxygens (including phenoxy) is 1. The van der Waals surface area contributed by atoms with Crippen molar-refractivity contribution in [3.05, 3.63) is 35.9 Å². The largest absolute Gasteiger partial charge is 0.480 e. The number of alkyl halides is 3. The Kier molecular flexibility index (Phi) is 6.06. The summed E-state index contributed by atoms with van der Waals surface area (Å²) in [5.41, 5.74) is 0.673. The molecule has 0 unspecified atom stereocenters. The molecule has 0 aliphatic carbocycles. The van der Waals surface area contributed by atoms with Gasteiger partial charge in [0.05, 0.1) is 6.04 Å². The van der Waals surface area contributed by atoms with Crippen molar-refractivity contribution in [1.29, 1.82) is 0 Å². The van der Waals surface area contributed by atoms with Crippen molar-refractivity contribution in [1.82, 2.24) is 10.2 Å². The number of carboxylic acid groups (broad SMARTS) is 1. The van der Waals surface area contributed by atoms with Gasteiger partial charge >= 0.3 is 24.1 Å². The van der Waals surface area contributed by atoms with E-state index in [4.69, 9.17) is 4.74 Å². The highest BCUT2D eigenvalue weighted by molar-refractivity contribution is 5.85. The number of amides is 2. The van der Waals surface area contributed by atoms with Gasteiger partial charge in [-0.05, 0) is 18.4 Å². The second-order valence-electron chi connectivity index (χ2n) is 5.74. The Balaban J connectivity index is 2.07. The van der Waals surface area contributed by atoms with E-state index in [-0.39, 0.29) is 26.0 Å². The first-order chi connectivity index (χ1) is 12.2. The summed E-state index contributed by atoms with van der Waals surface area (Å²) < 4.78 is 42.4. The van der Waals surface area contributed by atoms with Crippen LogP contribution < -0.4 is 5.32 Å². The lowest BCUT2D eigenvalue weighted by atomic mass is 9.96. The van der Waals surface area contributed by atoms with E-state index in [1.54, 1.807) is 35.6 Å². The standard InChI is InChI=1S/C16H17F3N2O5/c17-16(18,19)14(24)20-11-7-4-8-21(12(11)13(22)23)15(25)26-9-10-5-2-1-3-6-10/h1-3,5-6,11-12H,4,7-9H2,(H,20,24)(H,22,23)/t11-,12+/m1/s1. The second kappa shape index (κ2) is 8.07. The van der Waals surface area contributed by atoms with Crippen molar-refractivity contribution in [2.75, 3.05) is 6.54 Å². The quantitative estimate of drug-likeness (QED) is 0.840. The van der Waals surface area contributed by atoms with E-state index in [2.05, 4.69) is 0 Å². The molecule has 1 aromatic rings. The molecule has 1 fully saturated rings. The van der Waals surface area contributed by atoms with Crippen molar-refractivity contribution in [3.63, 3.8) is 0 Å². The van der Waals surface area contributed by atoms with Crippen LogP contribution in [0.3, 0.4) is 0 Å². The molecule has 7 nitrogen and oxygen atoms in total. The molecule has 1 saturated heterocycles. The summed E-state index contributed by atoms with van der Waals surface area (Å²) in [5, 5.41) is 11.0. The molecule has 0 radical (unpaired) electrons. The van der Waals surface area contributed by atoms with Gasteiger partial charge in [-0.3, -0.25) is 9.69 Å². The minimum absolute atomic E-state index is 0.00124. The fourth-order valence-electron chi connectivity index (χ4n) is 2.71. The Morgan fingerprint density at radius 3 is 2.46 bits per heavy atom. The molecule has 0 bridgehead atoms. The van der Waals surface area contributed by atoms with Crippen LogP contribution in [0.2, 0.25) is 0 Å². The number of nitrogens with one attached hydrogen (secondary N) is 1. The van der Waals surface area contributed by atoms with E-state index in [0.29, 0.717) is 5.56 Å². The lowest BCUT2D eigenvalue weighted by Crippen LogP contribution is -2.61. The fraction of sp³-hybridized carbons (Fsp3) is 0.438. The van der Waals surface area contributed by atoms with Gasteiger partial charge in [-0.15, -0.1) is 0 Å². The maximum atomic E-state index is 12.4. The van der Waals surface area contributed by atoms with Crippen molar-refractivity contribution < 1.29 is 37.4 Å². The van der Waals surface area contributed by atoms with Gasteiger partial charge in [-0.2, -0.15) is 13.2 Å². The Hall–Kier alpha value is -2.78. The molecule has 26 heavy (non-hydrogen) atoms. The molecule has 2 amide bonds. The van der Waals surface area contributed by atoms with Gasteiger partial charge in [-0.25, -0.2) is 9.59 Å². The van der Waals surface area contributed by atoms with E-state index in [9.17, 15) is 32.7 Å². The number of carboxylic acids is 1. The van der Waals surface area contributed by atoms with Crippen molar-refractivity contribution >= 4 is 18.0 Å². The first-order valence-corrected chi connectivity index (χ1v) is 7.78. The van der Waals surface area contributed by atoms with Crippen LogP contribution in [0.1, 0.15) is 18.4 Å². The molecular weight excluding hydrogens is 357 g/mol. The van der Waals surface area contributed by atoms with Crippen LogP contribution in [-0.2, 0) is 20.9 Å². The number of hydrogen-bond donors (Lipinski definition) is 2. The Morgan fingerprint density at radius 2 is 1.88 bits per heavy atom. The summed E-state index contributed by atoms with van der Waals surface area (Å²) >= 11 is 0. The maximum Gasteiger partial charge on any atom is 0.471 e. The molecule has 142 valence electrons. The zero-order valence-electron chi connectivity index (χ0n) is 13.5. The first kappa shape index (κ1) is 19.5. The van der Waals surface area contributed by atoms with E-state index < -0.39 is 36.2 Å². The number of likely N-dealkylation sites (tertiary alicyclic amines) is 1. The summed E-state index contributed by atoms with van der Waals surface area (Å²) in [5.74, 6) is -3.76. The molecule has 2 rings (SSSR count). The molecular formula is C16H17F3N2O5. The number of carbonyl (C=O) groups excluding carboxylic acids is 2. The Labute approximate surface area is 146 Å². The molecule has 10 heteroatoms. The van der Waals surface area contributed by atoms with Crippen LogP contribution in [0, 0.1) is 0 Å². The third-order valence-electron chi connectivity index (χ3n) is 3.90. The van der Waals surface area contributed by atoms with Gasteiger partial charge in [-0.1, -0.05) is 30.3 Å². The van der Waals surface area contributed by atoms with Crippen LogP contribution in [-0.4, -0.2) is 52.8 Å². The SMILES string of the molecule is O=C(O)[C@@H]1[C@H](NC(=O)C(F)(F)F)CCCN1C(=O)OCc1ccccc1. The molecule has 2 N–H and O–H groups in total. The fourth-order valence-corrected chi connectivity index (χ4v) is 2.71. The number of carbonyl (C=O) groups is 3. The minimum atomic E-state index is -5.14. The third kappa shape index (κ3) is 4.87. The van der Waals surface area contributed by atoms with Gasteiger partial charge in [0.25, 0.3) is 0 Å². The normalized spacial score (nSPS) is 20.3. The highest BCUT2D eigenvalue weighted by Crippen LogP contribution is 2.22. The summed E-state index contributed by atoms with van der Waals surface area (Å²) in [6.07, 6.45) is -5.87.